The third-order valence-electron chi connectivity index (χ3n) is 4.14. The SMILES string of the molecule is CCCCCCCCCCOc1c(C(F)F)n(C)c(C)cc1=O. The highest BCUT2D eigenvalue weighted by Gasteiger charge is 2.21. The lowest BCUT2D eigenvalue weighted by Gasteiger charge is -2.16. The van der Waals surface area contributed by atoms with Crippen LogP contribution in [0.4, 0.5) is 8.78 Å². The Balaban J connectivity index is 2.43. The average molecular weight is 329 g/mol. The summed E-state index contributed by atoms with van der Waals surface area (Å²) in [5.41, 5.74) is -0.283. The molecule has 5 heteroatoms. The predicted molar refractivity (Wildman–Crippen MR) is 89.5 cm³/mol. The van der Waals surface area contributed by atoms with Gasteiger partial charge in [0.2, 0.25) is 5.43 Å². The Bertz CT molecular complexity index is 526. The number of pyridine rings is 1. The van der Waals surface area contributed by atoms with Gasteiger partial charge in [0, 0.05) is 18.8 Å². The zero-order valence-corrected chi connectivity index (χ0v) is 14.5. The van der Waals surface area contributed by atoms with Crippen molar-refractivity contribution in [2.45, 2.75) is 71.6 Å². The molecule has 0 amide bonds. The van der Waals surface area contributed by atoms with E-state index in [1.54, 1.807) is 6.92 Å². The van der Waals surface area contributed by atoms with Gasteiger partial charge in [0.15, 0.2) is 5.75 Å². The van der Waals surface area contributed by atoms with E-state index in [2.05, 4.69) is 6.92 Å². The van der Waals surface area contributed by atoms with E-state index in [1.165, 1.54) is 49.8 Å². The molecule has 1 aromatic rings. The van der Waals surface area contributed by atoms with Crippen LogP contribution in [0.1, 0.15) is 76.1 Å². The van der Waals surface area contributed by atoms with E-state index >= 15 is 0 Å². The number of ether oxygens (including phenoxy) is 1. The number of unbranched alkanes of at least 4 members (excludes halogenated alkanes) is 7. The smallest absolute Gasteiger partial charge is 0.282 e. The van der Waals surface area contributed by atoms with E-state index in [-0.39, 0.29) is 11.4 Å². The molecule has 0 fully saturated rings. The highest BCUT2D eigenvalue weighted by atomic mass is 19.3. The van der Waals surface area contributed by atoms with Gasteiger partial charge in [0.05, 0.1) is 6.61 Å². The first-order valence-electron chi connectivity index (χ1n) is 8.60. The van der Waals surface area contributed by atoms with Crippen molar-refractivity contribution in [2.24, 2.45) is 7.05 Å². The van der Waals surface area contributed by atoms with Crippen molar-refractivity contribution in [3.63, 3.8) is 0 Å². The van der Waals surface area contributed by atoms with E-state index in [9.17, 15) is 13.6 Å². The number of nitrogens with zero attached hydrogens (tertiary/aromatic N) is 1. The molecule has 1 heterocycles. The quantitative estimate of drug-likeness (QED) is 0.526. The number of alkyl halides is 2. The van der Waals surface area contributed by atoms with Crippen molar-refractivity contribution in [1.29, 1.82) is 0 Å². The van der Waals surface area contributed by atoms with Crippen LogP contribution in [0.15, 0.2) is 10.9 Å². The number of hydrogen-bond donors (Lipinski definition) is 0. The molecule has 0 aliphatic heterocycles. The average Bonchev–Trinajstić information content (AvgIpc) is 2.50. The highest BCUT2D eigenvalue weighted by molar-refractivity contribution is 5.31. The Morgan fingerprint density at radius 1 is 1.09 bits per heavy atom. The molecule has 0 spiro atoms. The van der Waals surface area contributed by atoms with E-state index < -0.39 is 11.9 Å². The number of hydrogen-bond acceptors (Lipinski definition) is 2. The molecule has 0 aliphatic carbocycles. The Morgan fingerprint density at radius 3 is 2.22 bits per heavy atom. The van der Waals surface area contributed by atoms with Crippen molar-refractivity contribution in [1.82, 2.24) is 4.57 Å². The van der Waals surface area contributed by atoms with Crippen LogP contribution < -0.4 is 10.2 Å². The fourth-order valence-corrected chi connectivity index (χ4v) is 2.62. The number of halogens is 2. The minimum absolute atomic E-state index is 0.198. The molecule has 3 nitrogen and oxygen atoms in total. The molecule has 0 saturated heterocycles. The van der Waals surface area contributed by atoms with Crippen LogP contribution in [0.3, 0.4) is 0 Å². The van der Waals surface area contributed by atoms with Gasteiger partial charge in [-0.3, -0.25) is 4.79 Å². The molecule has 132 valence electrons. The lowest BCUT2D eigenvalue weighted by atomic mass is 10.1. The maximum Gasteiger partial charge on any atom is 0.282 e. The zero-order chi connectivity index (χ0) is 17.2. The maximum atomic E-state index is 13.2. The monoisotopic (exact) mass is 329 g/mol. The fraction of sp³-hybridized carbons (Fsp3) is 0.722. The minimum Gasteiger partial charge on any atom is -0.488 e. The van der Waals surface area contributed by atoms with E-state index in [1.807, 2.05) is 0 Å². The van der Waals surface area contributed by atoms with Crippen LogP contribution in [-0.2, 0) is 7.05 Å². The molecule has 0 aromatic carbocycles. The van der Waals surface area contributed by atoms with Crippen molar-refractivity contribution >= 4 is 0 Å². The molecular weight excluding hydrogens is 300 g/mol. The highest BCUT2D eigenvalue weighted by Crippen LogP contribution is 2.26. The maximum absolute atomic E-state index is 13.2. The van der Waals surface area contributed by atoms with Gasteiger partial charge in [0.1, 0.15) is 5.69 Å². The van der Waals surface area contributed by atoms with Crippen LogP contribution in [0.2, 0.25) is 0 Å². The largest absolute Gasteiger partial charge is 0.488 e. The Morgan fingerprint density at radius 2 is 1.65 bits per heavy atom. The van der Waals surface area contributed by atoms with E-state index in [0.29, 0.717) is 12.3 Å². The molecule has 23 heavy (non-hydrogen) atoms. The molecule has 0 bridgehead atoms. The Labute approximate surface area is 137 Å². The Kier molecular flexibility index (Phi) is 8.89. The third kappa shape index (κ3) is 6.32. The van der Waals surface area contributed by atoms with Gasteiger partial charge in [-0.25, -0.2) is 8.78 Å². The van der Waals surface area contributed by atoms with Crippen LogP contribution in [0.25, 0.3) is 0 Å². The first-order chi connectivity index (χ1) is 11.0. The summed E-state index contributed by atoms with van der Waals surface area (Å²) in [6.45, 7) is 4.14. The van der Waals surface area contributed by atoms with Crippen LogP contribution >= 0.6 is 0 Å². The molecule has 0 unspecified atom stereocenters. The lowest BCUT2D eigenvalue weighted by molar-refractivity contribution is 0.133. The summed E-state index contributed by atoms with van der Waals surface area (Å²) in [6, 6.07) is 1.34. The van der Waals surface area contributed by atoms with Crippen molar-refractivity contribution in [2.75, 3.05) is 6.61 Å². The molecule has 0 aliphatic rings. The summed E-state index contributed by atoms with van der Waals surface area (Å²) in [5, 5.41) is 0. The number of aryl methyl sites for hydroxylation is 1. The van der Waals surface area contributed by atoms with Crippen molar-refractivity contribution < 1.29 is 13.5 Å². The first kappa shape index (κ1) is 19.7. The molecule has 0 radical (unpaired) electrons. The van der Waals surface area contributed by atoms with Crippen molar-refractivity contribution in [3.05, 3.63) is 27.7 Å². The van der Waals surface area contributed by atoms with Gasteiger partial charge in [-0.2, -0.15) is 0 Å². The second-order valence-corrected chi connectivity index (χ2v) is 6.05. The molecule has 1 rings (SSSR count). The first-order valence-corrected chi connectivity index (χ1v) is 8.60. The summed E-state index contributed by atoms with van der Waals surface area (Å²) in [5.74, 6) is -0.198. The topological polar surface area (TPSA) is 31.2 Å². The summed E-state index contributed by atoms with van der Waals surface area (Å²) in [6.07, 6.45) is 6.46. The van der Waals surface area contributed by atoms with Gasteiger partial charge < -0.3 is 9.30 Å². The normalized spacial score (nSPS) is 11.2. The van der Waals surface area contributed by atoms with Gasteiger partial charge >= 0.3 is 0 Å². The summed E-state index contributed by atoms with van der Waals surface area (Å²) in [7, 11) is 1.53. The second-order valence-electron chi connectivity index (χ2n) is 6.05. The van der Waals surface area contributed by atoms with Gasteiger partial charge in [-0.1, -0.05) is 51.9 Å². The zero-order valence-electron chi connectivity index (χ0n) is 14.5. The lowest BCUT2D eigenvalue weighted by Crippen LogP contribution is -2.18. The van der Waals surface area contributed by atoms with Crippen molar-refractivity contribution in [3.8, 4) is 5.75 Å². The molecule has 0 saturated carbocycles. The van der Waals surface area contributed by atoms with Gasteiger partial charge in [0.25, 0.3) is 6.43 Å². The van der Waals surface area contributed by atoms with E-state index in [4.69, 9.17) is 4.74 Å². The molecule has 0 N–H and O–H groups in total. The Hall–Kier alpha value is -1.39. The standard InChI is InChI=1S/C18H29F2NO2/c1-4-5-6-7-8-9-10-11-12-23-17-15(22)13-14(2)21(3)16(17)18(19)20/h13,18H,4-12H2,1-3H3. The summed E-state index contributed by atoms with van der Waals surface area (Å²) >= 11 is 0. The molecular formula is C18H29F2NO2. The van der Waals surface area contributed by atoms with Crippen LogP contribution in [-0.4, -0.2) is 11.2 Å². The second kappa shape index (κ2) is 10.4. The molecule has 0 atom stereocenters. The predicted octanol–water partition coefficient (Wildman–Crippen LogP) is 5.15. The summed E-state index contributed by atoms with van der Waals surface area (Å²) in [4.78, 5) is 11.9. The number of aromatic nitrogens is 1. The molecule has 1 aromatic heterocycles. The van der Waals surface area contributed by atoms with Crippen LogP contribution in [0.5, 0.6) is 5.75 Å². The van der Waals surface area contributed by atoms with Gasteiger partial charge in [-0.15, -0.1) is 0 Å². The third-order valence-corrected chi connectivity index (χ3v) is 4.14. The fourth-order valence-electron chi connectivity index (χ4n) is 2.62. The minimum atomic E-state index is -2.72. The van der Waals surface area contributed by atoms with E-state index in [0.717, 1.165) is 19.3 Å². The summed E-state index contributed by atoms with van der Waals surface area (Å²) < 4.78 is 33.1. The van der Waals surface area contributed by atoms with Gasteiger partial charge in [-0.05, 0) is 13.3 Å². The number of rotatable bonds is 11. The van der Waals surface area contributed by atoms with Crippen LogP contribution in [0, 0.1) is 6.92 Å².